The zero-order chi connectivity index (χ0) is 12.1. The van der Waals surface area contributed by atoms with E-state index in [4.69, 9.17) is 0 Å². The zero-order valence-corrected chi connectivity index (χ0v) is 11.2. The molecule has 2 aliphatic carbocycles. The molecule has 0 radical (unpaired) electrons. The quantitative estimate of drug-likeness (QED) is 0.734. The number of hydrogen-bond donors (Lipinski definition) is 1. The van der Waals surface area contributed by atoms with Crippen molar-refractivity contribution >= 4 is 0 Å². The Bertz CT molecular complexity index is 450. The van der Waals surface area contributed by atoms with Gasteiger partial charge >= 0.3 is 0 Å². The molecule has 1 heteroatoms. The highest BCUT2D eigenvalue weighted by molar-refractivity contribution is 5.41. The molecule has 1 nitrogen and oxygen atoms in total. The average Bonchev–Trinajstić information content (AvgIpc) is 2.46. The Morgan fingerprint density at radius 1 is 0.944 bits per heavy atom. The van der Waals surface area contributed by atoms with Gasteiger partial charge in [0.2, 0.25) is 0 Å². The molecule has 1 heterocycles. The van der Waals surface area contributed by atoms with Crippen molar-refractivity contribution in [3.8, 4) is 0 Å². The summed E-state index contributed by atoms with van der Waals surface area (Å²) in [5.41, 5.74) is 4.47. The van der Waals surface area contributed by atoms with Crippen LogP contribution in [0.2, 0.25) is 0 Å². The zero-order valence-electron chi connectivity index (χ0n) is 11.2. The maximum Gasteiger partial charge on any atom is 0.00364 e. The van der Waals surface area contributed by atoms with E-state index in [-0.39, 0.29) is 0 Å². The van der Waals surface area contributed by atoms with E-state index >= 15 is 0 Å². The second-order valence-corrected chi connectivity index (χ2v) is 6.65. The van der Waals surface area contributed by atoms with Gasteiger partial charge in [-0.15, -0.1) is 0 Å². The Kier molecular flexibility index (Phi) is 2.35. The lowest BCUT2D eigenvalue weighted by atomic mass is 9.46. The molecule has 1 aromatic carbocycles. The molecule has 4 rings (SSSR count). The van der Waals surface area contributed by atoms with Crippen LogP contribution >= 0.6 is 0 Å². The highest BCUT2D eigenvalue weighted by atomic mass is 14.9. The predicted octanol–water partition coefficient (Wildman–Crippen LogP) is 3.42. The molecule has 1 N–H and O–H groups in total. The van der Waals surface area contributed by atoms with E-state index in [1.54, 1.807) is 11.1 Å². The topological polar surface area (TPSA) is 12.0 Å². The van der Waals surface area contributed by atoms with Crippen molar-refractivity contribution in [1.29, 1.82) is 0 Å². The van der Waals surface area contributed by atoms with Crippen molar-refractivity contribution in [2.45, 2.75) is 50.4 Å². The molecule has 18 heavy (non-hydrogen) atoms. The van der Waals surface area contributed by atoms with Crippen molar-refractivity contribution in [1.82, 2.24) is 5.32 Å². The monoisotopic (exact) mass is 241 g/mol. The molecular weight excluding hydrogens is 218 g/mol. The molecule has 1 saturated heterocycles. The minimum Gasteiger partial charge on any atom is -0.316 e. The number of aryl methyl sites for hydroxylation is 1. The van der Waals surface area contributed by atoms with Crippen LogP contribution in [0.25, 0.3) is 0 Å². The second kappa shape index (κ2) is 3.84. The maximum absolute atomic E-state index is 3.70. The number of rotatable bonds is 0. The van der Waals surface area contributed by atoms with Crippen LogP contribution in [0, 0.1) is 5.41 Å². The Morgan fingerprint density at radius 2 is 1.83 bits per heavy atom. The molecule has 2 fully saturated rings. The minimum absolute atomic E-state index is 0.519. The summed E-state index contributed by atoms with van der Waals surface area (Å²) >= 11 is 0. The van der Waals surface area contributed by atoms with Gasteiger partial charge in [0.05, 0.1) is 0 Å². The van der Waals surface area contributed by atoms with Crippen LogP contribution in [0.5, 0.6) is 0 Å². The third-order valence-corrected chi connectivity index (χ3v) is 6.12. The van der Waals surface area contributed by atoms with Gasteiger partial charge in [0, 0.05) is 12.0 Å². The largest absolute Gasteiger partial charge is 0.316 e. The normalized spacial score (nSPS) is 38.4. The van der Waals surface area contributed by atoms with Crippen molar-refractivity contribution in [2.24, 2.45) is 5.41 Å². The van der Waals surface area contributed by atoms with Crippen molar-refractivity contribution < 1.29 is 0 Å². The second-order valence-electron chi connectivity index (χ2n) is 6.65. The molecule has 1 saturated carbocycles. The lowest BCUT2D eigenvalue weighted by Crippen LogP contribution is -2.60. The maximum atomic E-state index is 3.70. The summed E-state index contributed by atoms with van der Waals surface area (Å²) in [5.74, 6) is 0. The molecule has 3 aliphatic rings. The average molecular weight is 241 g/mol. The van der Waals surface area contributed by atoms with Gasteiger partial charge in [-0.2, -0.15) is 0 Å². The summed E-state index contributed by atoms with van der Waals surface area (Å²) in [7, 11) is 0. The van der Waals surface area contributed by atoms with Gasteiger partial charge in [-0.3, -0.25) is 0 Å². The van der Waals surface area contributed by atoms with E-state index in [1.165, 1.54) is 58.0 Å². The van der Waals surface area contributed by atoms with Crippen LogP contribution in [0.3, 0.4) is 0 Å². The highest BCUT2D eigenvalue weighted by Crippen LogP contribution is 2.60. The van der Waals surface area contributed by atoms with E-state index in [0.29, 0.717) is 10.8 Å². The minimum atomic E-state index is 0.519. The fraction of sp³-hybridized carbons (Fsp3) is 0.647. The predicted molar refractivity (Wildman–Crippen MR) is 74.8 cm³/mol. The third-order valence-electron chi connectivity index (χ3n) is 6.12. The van der Waals surface area contributed by atoms with Crippen molar-refractivity contribution in [2.75, 3.05) is 13.1 Å². The smallest absolute Gasteiger partial charge is 0.00364 e. The van der Waals surface area contributed by atoms with Gasteiger partial charge in [-0.1, -0.05) is 37.1 Å². The van der Waals surface area contributed by atoms with Crippen LogP contribution in [-0.4, -0.2) is 13.1 Å². The van der Waals surface area contributed by atoms with E-state index in [9.17, 15) is 0 Å². The Labute approximate surface area is 110 Å². The number of fused-ring (bicyclic) bond motifs is 1. The lowest BCUT2D eigenvalue weighted by molar-refractivity contribution is 0.00501. The van der Waals surface area contributed by atoms with Crippen molar-refractivity contribution in [3.63, 3.8) is 0 Å². The van der Waals surface area contributed by atoms with Crippen LogP contribution in [0.4, 0.5) is 0 Å². The Balaban J connectivity index is 1.92. The molecule has 0 amide bonds. The number of piperidine rings is 1. The SMILES string of the molecule is c1ccc2c(c1)CCC13CCCCC21CCNC3. The fourth-order valence-electron chi connectivity index (χ4n) is 5.26. The molecular formula is C17H23N. The summed E-state index contributed by atoms with van der Waals surface area (Å²) in [6.07, 6.45) is 9.86. The first-order valence-electron chi connectivity index (χ1n) is 7.66. The molecule has 0 aromatic heterocycles. The third kappa shape index (κ3) is 1.26. The first-order valence-corrected chi connectivity index (χ1v) is 7.66. The molecule has 0 spiro atoms. The molecule has 1 aromatic rings. The molecule has 2 unspecified atom stereocenters. The van der Waals surface area contributed by atoms with Crippen LogP contribution in [-0.2, 0) is 11.8 Å². The molecule has 2 atom stereocenters. The number of hydrogen-bond acceptors (Lipinski definition) is 1. The molecule has 1 aliphatic heterocycles. The van der Waals surface area contributed by atoms with Gasteiger partial charge in [0.15, 0.2) is 0 Å². The van der Waals surface area contributed by atoms with E-state index in [1.807, 2.05) is 0 Å². The first kappa shape index (κ1) is 11.0. The Morgan fingerprint density at radius 3 is 2.83 bits per heavy atom. The van der Waals surface area contributed by atoms with E-state index in [0.717, 1.165) is 0 Å². The Hall–Kier alpha value is -0.820. The number of nitrogens with one attached hydrogen (secondary N) is 1. The van der Waals surface area contributed by atoms with E-state index < -0.39 is 0 Å². The fourth-order valence-corrected chi connectivity index (χ4v) is 5.26. The summed E-state index contributed by atoms with van der Waals surface area (Å²) in [6, 6.07) is 9.32. The summed E-state index contributed by atoms with van der Waals surface area (Å²) < 4.78 is 0. The lowest BCUT2D eigenvalue weighted by Gasteiger charge is -2.60. The summed E-state index contributed by atoms with van der Waals surface area (Å²) in [5, 5.41) is 3.70. The standard InChI is InChI=1S/C17H23N/c1-2-6-15-14(5-1)7-10-16-8-3-4-9-17(15,16)11-12-18-13-16/h1-2,5-6,18H,3-4,7-13H2. The van der Waals surface area contributed by atoms with Gasteiger partial charge < -0.3 is 5.32 Å². The van der Waals surface area contributed by atoms with Crippen LogP contribution < -0.4 is 5.32 Å². The van der Waals surface area contributed by atoms with Crippen LogP contribution in [0.1, 0.15) is 49.7 Å². The summed E-state index contributed by atoms with van der Waals surface area (Å²) in [6.45, 7) is 2.48. The van der Waals surface area contributed by atoms with Gasteiger partial charge in [-0.05, 0) is 55.2 Å². The number of benzene rings is 1. The first-order chi connectivity index (χ1) is 8.86. The van der Waals surface area contributed by atoms with Crippen molar-refractivity contribution in [3.05, 3.63) is 35.4 Å². The molecule has 0 bridgehead atoms. The van der Waals surface area contributed by atoms with Gasteiger partial charge in [0.25, 0.3) is 0 Å². The van der Waals surface area contributed by atoms with Gasteiger partial charge in [-0.25, -0.2) is 0 Å². The van der Waals surface area contributed by atoms with E-state index in [2.05, 4.69) is 29.6 Å². The summed E-state index contributed by atoms with van der Waals surface area (Å²) in [4.78, 5) is 0. The molecule has 96 valence electrons. The van der Waals surface area contributed by atoms with Gasteiger partial charge in [0.1, 0.15) is 0 Å². The highest BCUT2D eigenvalue weighted by Gasteiger charge is 2.56. The van der Waals surface area contributed by atoms with Crippen LogP contribution in [0.15, 0.2) is 24.3 Å².